The number of rotatable bonds is 3. The minimum absolute atomic E-state index is 0.00568. The molecule has 0 aromatic heterocycles. The normalized spacial score (nSPS) is 19.8. The number of carbonyl (C=O) groups excluding carboxylic acids is 1. The first-order chi connectivity index (χ1) is 10.8. The summed E-state index contributed by atoms with van der Waals surface area (Å²) < 4.78 is 5.56. The fraction of sp³-hybridized carbons (Fsp3) is 0.150. The SMILES string of the molecule is O=C(Oc1ccc2ccccc2c1)[C@H]1C[C@H]1c1ccccc1. The zero-order valence-corrected chi connectivity index (χ0v) is 12.1. The van der Waals surface area contributed by atoms with Crippen LogP contribution in [-0.4, -0.2) is 5.97 Å². The van der Waals surface area contributed by atoms with Gasteiger partial charge in [0.1, 0.15) is 5.75 Å². The zero-order valence-electron chi connectivity index (χ0n) is 12.1. The second kappa shape index (κ2) is 5.30. The quantitative estimate of drug-likeness (QED) is 0.522. The van der Waals surface area contributed by atoms with E-state index in [0.717, 1.165) is 17.2 Å². The van der Waals surface area contributed by atoms with E-state index in [1.165, 1.54) is 5.56 Å². The lowest BCUT2D eigenvalue weighted by Crippen LogP contribution is -2.11. The molecule has 22 heavy (non-hydrogen) atoms. The van der Waals surface area contributed by atoms with E-state index in [0.29, 0.717) is 11.7 Å². The summed E-state index contributed by atoms with van der Waals surface area (Å²) in [6.07, 6.45) is 0.885. The molecule has 2 nitrogen and oxygen atoms in total. The minimum atomic E-state index is -0.121. The Morgan fingerprint density at radius 2 is 1.59 bits per heavy atom. The fourth-order valence-corrected chi connectivity index (χ4v) is 2.95. The van der Waals surface area contributed by atoms with Crippen molar-refractivity contribution in [2.45, 2.75) is 12.3 Å². The Hall–Kier alpha value is -2.61. The van der Waals surface area contributed by atoms with Gasteiger partial charge in [0.15, 0.2) is 0 Å². The Bertz CT molecular complexity index is 823. The van der Waals surface area contributed by atoms with Gasteiger partial charge in [-0.3, -0.25) is 4.79 Å². The molecule has 1 saturated carbocycles. The molecule has 2 heteroatoms. The first kappa shape index (κ1) is 13.1. The molecule has 0 N–H and O–H groups in total. The van der Waals surface area contributed by atoms with Gasteiger partial charge in [-0.15, -0.1) is 0 Å². The topological polar surface area (TPSA) is 26.3 Å². The molecule has 1 aliphatic carbocycles. The molecule has 0 saturated heterocycles. The van der Waals surface area contributed by atoms with Gasteiger partial charge < -0.3 is 4.74 Å². The molecule has 3 aromatic rings. The molecule has 108 valence electrons. The van der Waals surface area contributed by atoms with Crippen LogP contribution in [-0.2, 0) is 4.79 Å². The van der Waals surface area contributed by atoms with Crippen LogP contribution in [0.2, 0.25) is 0 Å². The van der Waals surface area contributed by atoms with Crippen LogP contribution < -0.4 is 4.74 Å². The van der Waals surface area contributed by atoms with E-state index in [2.05, 4.69) is 12.1 Å². The van der Waals surface area contributed by atoms with Gasteiger partial charge in [-0.1, -0.05) is 60.7 Å². The molecule has 0 heterocycles. The number of fused-ring (bicyclic) bond motifs is 1. The van der Waals surface area contributed by atoms with Crippen LogP contribution >= 0.6 is 0 Å². The molecule has 1 fully saturated rings. The number of carbonyl (C=O) groups is 1. The molecule has 0 aliphatic heterocycles. The van der Waals surface area contributed by atoms with Crippen LogP contribution in [0, 0.1) is 5.92 Å². The molecule has 0 radical (unpaired) electrons. The molecule has 1 aliphatic rings. The van der Waals surface area contributed by atoms with Gasteiger partial charge in [0, 0.05) is 0 Å². The van der Waals surface area contributed by atoms with E-state index in [-0.39, 0.29) is 11.9 Å². The first-order valence-electron chi connectivity index (χ1n) is 7.57. The predicted molar refractivity (Wildman–Crippen MR) is 86.9 cm³/mol. The maximum Gasteiger partial charge on any atom is 0.314 e. The van der Waals surface area contributed by atoms with Crippen molar-refractivity contribution in [3.05, 3.63) is 78.4 Å². The third-order valence-corrected chi connectivity index (χ3v) is 4.26. The average Bonchev–Trinajstić information content (AvgIpc) is 3.36. The van der Waals surface area contributed by atoms with Gasteiger partial charge in [-0.05, 0) is 40.8 Å². The highest BCUT2D eigenvalue weighted by atomic mass is 16.5. The van der Waals surface area contributed by atoms with Crippen LogP contribution in [0.25, 0.3) is 10.8 Å². The van der Waals surface area contributed by atoms with Crippen molar-refractivity contribution in [2.24, 2.45) is 5.92 Å². The van der Waals surface area contributed by atoms with Gasteiger partial charge in [0.25, 0.3) is 0 Å². The smallest absolute Gasteiger partial charge is 0.314 e. The second-order valence-electron chi connectivity index (χ2n) is 5.79. The summed E-state index contributed by atoms with van der Waals surface area (Å²) in [6, 6.07) is 24.0. The fourth-order valence-electron chi connectivity index (χ4n) is 2.95. The van der Waals surface area contributed by atoms with Gasteiger partial charge in [0.2, 0.25) is 0 Å². The largest absolute Gasteiger partial charge is 0.426 e. The Morgan fingerprint density at radius 3 is 2.41 bits per heavy atom. The Morgan fingerprint density at radius 1 is 0.864 bits per heavy atom. The highest BCUT2D eigenvalue weighted by molar-refractivity contribution is 5.85. The molecular formula is C20H16O2. The maximum absolute atomic E-state index is 12.3. The van der Waals surface area contributed by atoms with E-state index in [1.54, 1.807) is 0 Å². The van der Waals surface area contributed by atoms with E-state index in [4.69, 9.17) is 4.74 Å². The standard InChI is InChI=1S/C20H16O2/c21-20(19-13-18(19)15-7-2-1-3-8-15)22-17-11-10-14-6-4-5-9-16(14)12-17/h1-12,18-19H,13H2/t18-,19-/m0/s1. The summed E-state index contributed by atoms with van der Waals surface area (Å²) in [5.74, 6) is 0.814. The second-order valence-corrected chi connectivity index (χ2v) is 5.79. The van der Waals surface area contributed by atoms with Crippen LogP contribution in [0.1, 0.15) is 17.9 Å². The Kier molecular flexibility index (Phi) is 3.15. The van der Waals surface area contributed by atoms with Crippen LogP contribution in [0.3, 0.4) is 0 Å². The zero-order chi connectivity index (χ0) is 14.9. The van der Waals surface area contributed by atoms with Crippen molar-refractivity contribution in [3.63, 3.8) is 0 Å². The number of ether oxygens (including phenoxy) is 1. The highest BCUT2D eigenvalue weighted by Gasteiger charge is 2.45. The summed E-state index contributed by atoms with van der Waals surface area (Å²) in [4.78, 5) is 12.3. The van der Waals surface area contributed by atoms with Crippen molar-refractivity contribution >= 4 is 16.7 Å². The van der Waals surface area contributed by atoms with Gasteiger partial charge in [-0.2, -0.15) is 0 Å². The number of hydrogen-bond donors (Lipinski definition) is 0. The van der Waals surface area contributed by atoms with E-state index in [9.17, 15) is 4.79 Å². The lowest BCUT2D eigenvalue weighted by molar-refractivity contribution is -0.135. The maximum atomic E-state index is 12.3. The average molecular weight is 288 g/mol. The van der Waals surface area contributed by atoms with E-state index >= 15 is 0 Å². The molecule has 0 bridgehead atoms. The minimum Gasteiger partial charge on any atom is -0.426 e. The number of hydrogen-bond acceptors (Lipinski definition) is 2. The molecule has 0 unspecified atom stereocenters. The van der Waals surface area contributed by atoms with Crippen LogP contribution in [0.4, 0.5) is 0 Å². The van der Waals surface area contributed by atoms with Crippen molar-refractivity contribution < 1.29 is 9.53 Å². The Balaban J connectivity index is 1.48. The van der Waals surface area contributed by atoms with E-state index in [1.807, 2.05) is 60.7 Å². The van der Waals surface area contributed by atoms with Gasteiger partial charge in [0.05, 0.1) is 5.92 Å². The summed E-state index contributed by atoms with van der Waals surface area (Å²) in [5.41, 5.74) is 1.22. The summed E-state index contributed by atoms with van der Waals surface area (Å²) >= 11 is 0. The van der Waals surface area contributed by atoms with Crippen molar-refractivity contribution in [1.29, 1.82) is 0 Å². The Labute approximate surface area is 129 Å². The number of benzene rings is 3. The molecule has 2 atom stereocenters. The van der Waals surface area contributed by atoms with Crippen LogP contribution in [0.5, 0.6) is 5.75 Å². The van der Waals surface area contributed by atoms with E-state index < -0.39 is 0 Å². The summed E-state index contributed by atoms with van der Waals surface area (Å²) in [7, 11) is 0. The monoisotopic (exact) mass is 288 g/mol. The summed E-state index contributed by atoms with van der Waals surface area (Å²) in [6.45, 7) is 0. The first-order valence-corrected chi connectivity index (χ1v) is 7.57. The van der Waals surface area contributed by atoms with Gasteiger partial charge >= 0.3 is 5.97 Å². The molecule has 4 rings (SSSR count). The highest BCUT2D eigenvalue weighted by Crippen LogP contribution is 2.48. The lowest BCUT2D eigenvalue weighted by atomic mass is 10.1. The van der Waals surface area contributed by atoms with Crippen molar-refractivity contribution in [3.8, 4) is 5.75 Å². The van der Waals surface area contributed by atoms with Crippen molar-refractivity contribution in [2.75, 3.05) is 0 Å². The number of esters is 1. The third-order valence-electron chi connectivity index (χ3n) is 4.26. The molecule has 0 spiro atoms. The molecule has 3 aromatic carbocycles. The summed E-state index contributed by atoms with van der Waals surface area (Å²) in [5, 5.41) is 2.24. The molecular weight excluding hydrogens is 272 g/mol. The predicted octanol–water partition coefficient (Wildman–Crippen LogP) is 4.55. The van der Waals surface area contributed by atoms with Gasteiger partial charge in [-0.25, -0.2) is 0 Å². The molecule has 0 amide bonds. The van der Waals surface area contributed by atoms with Crippen molar-refractivity contribution in [1.82, 2.24) is 0 Å². The third kappa shape index (κ3) is 2.48. The lowest BCUT2D eigenvalue weighted by Gasteiger charge is -2.05. The van der Waals surface area contributed by atoms with Crippen LogP contribution in [0.15, 0.2) is 72.8 Å².